The molecule has 0 saturated carbocycles. The molecule has 16 nitrogen and oxygen atoms in total. The lowest BCUT2D eigenvalue weighted by Crippen LogP contribution is -2.29. The molecule has 0 aliphatic carbocycles. The van der Waals surface area contributed by atoms with E-state index in [2.05, 4.69) is 31.0 Å². The van der Waals surface area contributed by atoms with Crippen molar-refractivity contribution in [3.05, 3.63) is 146 Å². The minimum Gasteiger partial charge on any atom is -0.462 e. The number of carbonyl (C=O) groups is 2. The number of aromatic nitrogens is 6. The van der Waals surface area contributed by atoms with Gasteiger partial charge in [0.1, 0.15) is 22.9 Å². The van der Waals surface area contributed by atoms with Crippen molar-refractivity contribution >= 4 is 23.5 Å². The number of urea groups is 1. The Morgan fingerprint density at radius 3 is 2.45 bits per heavy atom. The number of rotatable bonds is 15. The van der Waals surface area contributed by atoms with Gasteiger partial charge in [-0.05, 0) is 49.3 Å². The SMILES string of the molecule is CCOC(=O)c1cn(Cc2c(F)cccc2F)c2nc(-c3ccc(NC(=O)NCc4cn(CCN=[N+]=[N-])nn4)cc3)c(CN(C)Cc3ccccc3)n2c1=O. The van der Waals surface area contributed by atoms with Crippen LogP contribution in [0, 0.1) is 11.6 Å². The lowest BCUT2D eigenvalue weighted by molar-refractivity contribution is 0.0523. The Morgan fingerprint density at radius 2 is 1.75 bits per heavy atom. The summed E-state index contributed by atoms with van der Waals surface area (Å²) in [5.74, 6) is -2.44. The number of imidazole rings is 1. The maximum absolute atomic E-state index is 14.9. The molecule has 55 heavy (non-hydrogen) atoms. The maximum Gasteiger partial charge on any atom is 0.345 e. The number of benzene rings is 3. The van der Waals surface area contributed by atoms with Crippen LogP contribution in [0.5, 0.6) is 0 Å². The Hall–Kier alpha value is -6.91. The monoisotopic (exact) mass is 750 g/mol. The molecule has 3 heterocycles. The molecule has 0 unspecified atom stereocenters. The number of anilines is 1. The van der Waals surface area contributed by atoms with Crippen molar-refractivity contribution in [2.24, 2.45) is 5.11 Å². The molecule has 6 rings (SSSR count). The van der Waals surface area contributed by atoms with Crippen LogP contribution in [0.25, 0.3) is 27.5 Å². The van der Waals surface area contributed by atoms with E-state index >= 15 is 0 Å². The van der Waals surface area contributed by atoms with Crippen LogP contribution in [0.3, 0.4) is 0 Å². The molecule has 0 saturated heterocycles. The number of azide groups is 1. The average Bonchev–Trinajstić information content (AvgIpc) is 3.79. The zero-order chi connectivity index (χ0) is 38.9. The summed E-state index contributed by atoms with van der Waals surface area (Å²) in [7, 11) is 1.87. The van der Waals surface area contributed by atoms with Crippen molar-refractivity contribution in [3.8, 4) is 11.3 Å². The van der Waals surface area contributed by atoms with Gasteiger partial charge in [0.2, 0.25) is 5.78 Å². The highest BCUT2D eigenvalue weighted by molar-refractivity contribution is 5.90. The molecule has 6 aromatic rings. The molecule has 0 atom stereocenters. The van der Waals surface area contributed by atoms with Gasteiger partial charge in [-0.2, -0.15) is 0 Å². The normalized spacial score (nSPS) is 11.1. The van der Waals surface area contributed by atoms with Gasteiger partial charge in [0.05, 0.1) is 37.3 Å². The van der Waals surface area contributed by atoms with Crippen molar-refractivity contribution in [2.75, 3.05) is 25.5 Å². The fourth-order valence-electron chi connectivity index (χ4n) is 5.92. The lowest BCUT2D eigenvalue weighted by Gasteiger charge is -2.18. The van der Waals surface area contributed by atoms with E-state index in [9.17, 15) is 23.2 Å². The summed E-state index contributed by atoms with van der Waals surface area (Å²) in [6.07, 6.45) is 2.84. The van der Waals surface area contributed by atoms with Gasteiger partial charge >= 0.3 is 12.0 Å². The van der Waals surface area contributed by atoms with Crippen LogP contribution < -0.4 is 16.2 Å². The highest BCUT2D eigenvalue weighted by Crippen LogP contribution is 2.28. The van der Waals surface area contributed by atoms with E-state index < -0.39 is 29.2 Å². The van der Waals surface area contributed by atoms with Crippen molar-refractivity contribution < 1.29 is 23.1 Å². The first-order valence-electron chi connectivity index (χ1n) is 17.2. The Bertz CT molecular complexity index is 2400. The quantitative estimate of drug-likeness (QED) is 0.0594. The third-order valence-corrected chi connectivity index (χ3v) is 8.46. The topological polar surface area (TPSA) is 189 Å². The number of ether oxygens (including phenoxy) is 1. The number of nitrogens with one attached hydrogen (secondary N) is 2. The smallest absolute Gasteiger partial charge is 0.345 e. The van der Waals surface area contributed by atoms with Crippen LogP contribution in [0.4, 0.5) is 19.3 Å². The van der Waals surface area contributed by atoms with Gasteiger partial charge in [0.25, 0.3) is 5.56 Å². The minimum atomic E-state index is -0.889. The van der Waals surface area contributed by atoms with Crippen LogP contribution >= 0.6 is 0 Å². The molecule has 0 fully saturated rings. The van der Waals surface area contributed by atoms with E-state index in [-0.39, 0.29) is 49.7 Å². The molecule has 0 spiro atoms. The predicted octanol–water partition coefficient (Wildman–Crippen LogP) is 5.52. The molecular weight excluding hydrogens is 714 g/mol. The van der Waals surface area contributed by atoms with E-state index in [0.717, 1.165) is 17.7 Å². The molecule has 0 aliphatic rings. The number of nitrogens with zero attached hydrogens (tertiary/aromatic N) is 10. The molecule has 3 aromatic carbocycles. The van der Waals surface area contributed by atoms with Crippen LogP contribution in [-0.4, -0.2) is 66.0 Å². The van der Waals surface area contributed by atoms with Gasteiger partial charge in [-0.15, -0.1) is 5.10 Å². The Balaban J connectivity index is 1.35. The van der Waals surface area contributed by atoms with Crippen LogP contribution in [0.1, 0.15) is 39.8 Å². The predicted molar refractivity (Wildman–Crippen MR) is 198 cm³/mol. The third-order valence-electron chi connectivity index (χ3n) is 8.46. The molecule has 0 radical (unpaired) electrons. The van der Waals surface area contributed by atoms with Crippen molar-refractivity contribution in [1.29, 1.82) is 0 Å². The van der Waals surface area contributed by atoms with E-state index in [4.69, 9.17) is 15.3 Å². The minimum absolute atomic E-state index is 0.000261. The summed E-state index contributed by atoms with van der Waals surface area (Å²) in [6, 6.07) is 19.5. The molecule has 3 aromatic heterocycles. The molecule has 0 bridgehead atoms. The number of fused-ring (bicyclic) bond motifs is 1. The molecule has 282 valence electrons. The molecule has 2 amide bonds. The molecular formula is C37H36F2N12O4. The van der Waals surface area contributed by atoms with Gasteiger partial charge in [-0.1, -0.05) is 58.9 Å². The number of halogens is 2. The second-order valence-corrected chi connectivity index (χ2v) is 12.4. The molecule has 18 heteroatoms. The van der Waals surface area contributed by atoms with E-state index in [1.54, 1.807) is 37.4 Å². The summed E-state index contributed by atoms with van der Waals surface area (Å²) in [6.45, 7) is 2.56. The van der Waals surface area contributed by atoms with Crippen LogP contribution in [0.2, 0.25) is 0 Å². The zero-order valence-electron chi connectivity index (χ0n) is 29.9. The number of hydrogen-bond donors (Lipinski definition) is 2. The fourth-order valence-corrected chi connectivity index (χ4v) is 5.92. The largest absolute Gasteiger partial charge is 0.462 e. The number of carbonyl (C=O) groups excluding carboxylic acids is 2. The average molecular weight is 751 g/mol. The number of esters is 1. The first kappa shape index (κ1) is 37.8. The number of amides is 2. The fraction of sp³-hybridized carbons (Fsp3) is 0.243. The van der Waals surface area contributed by atoms with E-state index in [1.807, 2.05) is 42.3 Å². The van der Waals surface area contributed by atoms with Gasteiger partial charge in [0, 0.05) is 54.1 Å². The first-order chi connectivity index (χ1) is 26.6. The van der Waals surface area contributed by atoms with Crippen LogP contribution in [-0.2, 0) is 37.5 Å². The first-order valence-corrected chi connectivity index (χ1v) is 17.2. The van der Waals surface area contributed by atoms with Crippen molar-refractivity contribution in [1.82, 2.24) is 39.2 Å². The zero-order valence-corrected chi connectivity index (χ0v) is 29.9. The van der Waals surface area contributed by atoms with E-state index in [0.29, 0.717) is 41.4 Å². The Kier molecular flexibility index (Phi) is 11.9. The maximum atomic E-state index is 14.9. The van der Waals surface area contributed by atoms with Gasteiger partial charge < -0.3 is 19.9 Å². The Morgan fingerprint density at radius 1 is 1.00 bits per heavy atom. The van der Waals surface area contributed by atoms with Crippen molar-refractivity contribution in [3.63, 3.8) is 0 Å². The molecule has 2 N–H and O–H groups in total. The lowest BCUT2D eigenvalue weighted by atomic mass is 10.1. The van der Waals surface area contributed by atoms with E-state index in [1.165, 1.54) is 25.9 Å². The molecule has 0 aliphatic heterocycles. The highest BCUT2D eigenvalue weighted by atomic mass is 19.1. The van der Waals surface area contributed by atoms with Crippen LogP contribution in [0.15, 0.2) is 95.1 Å². The third kappa shape index (κ3) is 9.01. The summed E-state index contributed by atoms with van der Waals surface area (Å²) >= 11 is 0. The standard InChI is InChI=1S/C37H36F2N12O4/c1-3-55-35(53)29-22-49(21-28-30(38)10-7-11-31(28)39)37-44-33(32(51(37)34(29)52)23-48(2)19-24-8-5-4-6-9-24)25-12-14-26(15-13-25)43-36(54)41-18-27-20-50(47-45-27)17-16-42-46-40/h4-15,20,22H,3,16-19,21,23H2,1-2H3,(H2,41,43,54). The highest BCUT2D eigenvalue weighted by Gasteiger charge is 2.25. The van der Waals surface area contributed by atoms with Gasteiger partial charge in [0.15, 0.2) is 0 Å². The van der Waals surface area contributed by atoms with Gasteiger partial charge in [-0.25, -0.2) is 27.8 Å². The Labute approximate surface area is 312 Å². The summed E-state index contributed by atoms with van der Waals surface area (Å²) in [5.41, 5.74) is 10.4. The summed E-state index contributed by atoms with van der Waals surface area (Å²) in [4.78, 5) is 49.5. The number of hydrogen-bond acceptors (Lipinski definition) is 9. The van der Waals surface area contributed by atoms with Crippen molar-refractivity contribution in [2.45, 2.75) is 39.6 Å². The summed E-state index contributed by atoms with van der Waals surface area (Å²) in [5, 5.41) is 16.9. The second-order valence-electron chi connectivity index (χ2n) is 12.4. The van der Waals surface area contributed by atoms with Gasteiger partial charge in [-0.3, -0.25) is 14.4 Å². The second kappa shape index (κ2) is 17.3. The summed E-state index contributed by atoms with van der Waals surface area (Å²) < 4.78 is 39.2.